The molecule has 1 nitrogen and oxygen atoms in total. The first-order chi connectivity index (χ1) is 7.66. The third-order valence-corrected chi connectivity index (χ3v) is 5.42. The van der Waals surface area contributed by atoms with E-state index in [2.05, 4.69) is 30.9 Å². The van der Waals surface area contributed by atoms with Gasteiger partial charge in [0.05, 0.1) is 0 Å². The molecule has 0 atom stereocenters. The molecule has 0 aromatic heterocycles. The lowest BCUT2D eigenvalue weighted by molar-refractivity contribution is 0.185. The summed E-state index contributed by atoms with van der Waals surface area (Å²) in [7, 11) is 0. The van der Waals surface area contributed by atoms with Crippen molar-refractivity contribution >= 4 is 11.8 Å². The largest absolute Gasteiger partial charge is 0.314 e. The molecule has 0 aromatic rings. The Morgan fingerprint density at radius 2 is 1.69 bits per heavy atom. The van der Waals surface area contributed by atoms with Crippen molar-refractivity contribution in [3.63, 3.8) is 0 Å². The maximum Gasteiger partial charge on any atom is 0.00828 e. The van der Waals surface area contributed by atoms with Gasteiger partial charge in [-0.1, -0.05) is 13.8 Å². The monoisotopic (exact) mass is 241 g/mol. The normalized spacial score (nSPS) is 28.1. The van der Waals surface area contributed by atoms with Crippen LogP contribution in [0, 0.1) is 11.3 Å². The fourth-order valence-electron chi connectivity index (χ4n) is 2.90. The zero-order chi connectivity index (χ0) is 11.4. The second-order valence-electron chi connectivity index (χ2n) is 6.40. The minimum Gasteiger partial charge on any atom is -0.314 e. The topological polar surface area (TPSA) is 12.0 Å². The molecule has 0 amide bonds. The van der Waals surface area contributed by atoms with E-state index in [4.69, 9.17) is 0 Å². The molecule has 2 fully saturated rings. The number of hydrogen-bond donors (Lipinski definition) is 1. The SMILES string of the molecule is CC1(C)CCC(CNC2CCSCC2)CC1. The first-order valence-electron chi connectivity index (χ1n) is 6.97. The first kappa shape index (κ1) is 12.8. The molecule has 0 unspecified atom stereocenters. The molecule has 0 spiro atoms. The molecule has 2 rings (SSSR count). The lowest BCUT2D eigenvalue weighted by Gasteiger charge is -2.35. The van der Waals surface area contributed by atoms with Gasteiger partial charge in [0.15, 0.2) is 0 Å². The summed E-state index contributed by atoms with van der Waals surface area (Å²) in [5, 5.41) is 3.81. The van der Waals surface area contributed by atoms with E-state index in [0.717, 1.165) is 12.0 Å². The molecule has 0 bridgehead atoms. The maximum absolute atomic E-state index is 3.81. The van der Waals surface area contributed by atoms with Crippen molar-refractivity contribution < 1.29 is 0 Å². The minimum absolute atomic E-state index is 0.623. The molecular weight excluding hydrogens is 214 g/mol. The number of thioether (sulfide) groups is 1. The van der Waals surface area contributed by atoms with E-state index in [1.54, 1.807) is 0 Å². The van der Waals surface area contributed by atoms with Crippen molar-refractivity contribution in [3.05, 3.63) is 0 Å². The third-order valence-electron chi connectivity index (χ3n) is 4.38. The van der Waals surface area contributed by atoms with E-state index in [9.17, 15) is 0 Å². The summed E-state index contributed by atoms with van der Waals surface area (Å²) >= 11 is 2.12. The number of hydrogen-bond acceptors (Lipinski definition) is 2. The van der Waals surface area contributed by atoms with Crippen LogP contribution >= 0.6 is 11.8 Å². The Bertz CT molecular complexity index is 199. The minimum atomic E-state index is 0.623. The summed E-state index contributed by atoms with van der Waals surface area (Å²) < 4.78 is 0. The summed E-state index contributed by atoms with van der Waals surface area (Å²) in [5.74, 6) is 3.70. The van der Waals surface area contributed by atoms with Crippen molar-refractivity contribution in [1.29, 1.82) is 0 Å². The highest BCUT2D eigenvalue weighted by Crippen LogP contribution is 2.37. The van der Waals surface area contributed by atoms with Gasteiger partial charge in [0.1, 0.15) is 0 Å². The van der Waals surface area contributed by atoms with E-state index in [1.165, 1.54) is 56.6 Å². The molecule has 0 radical (unpaired) electrons. The summed E-state index contributed by atoms with van der Waals surface area (Å²) in [6.07, 6.45) is 8.54. The quantitative estimate of drug-likeness (QED) is 0.809. The van der Waals surface area contributed by atoms with Crippen LogP contribution in [0.1, 0.15) is 52.4 Å². The van der Waals surface area contributed by atoms with Crippen molar-refractivity contribution in [2.24, 2.45) is 11.3 Å². The number of rotatable bonds is 3. The third kappa shape index (κ3) is 3.96. The zero-order valence-corrected chi connectivity index (χ0v) is 11.7. The molecule has 1 N–H and O–H groups in total. The molecule has 1 saturated heterocycles. The summed E-state index contributed by atoms with van der Waals surface area (Å²) in [4.78, 5) is 0. The zero-order valence-electron chi connectivity index (χ0n) is 10.9. The van der Waals surface area contributed by atoms with Crippen LogP contribution in [0.3, 0.4) is 0 Å². The lowest BCUT2D eigenvalue weighted by atomic mass is 9.73. The van der Waals surface area contributed by atoms with Crippen LogP contribution in [-0.2, 0) is 0 Å². The van der Waals surface area contributed by atoms with Gasteiger partial charge in [-0.2, -0.15) is 11.8 Å². The van der Waals surface area contributed by atoms with Gasteiger partial charge in [0.25, 0.3) is 0 Å². The van der Waals surface area contributed by atoms with Crippen molar-refractivity contribution in [2.45, 2.75) is 58.4 Å². The van der Waals surface area contributed by atoms with Crippen LogP contribution in [0.5, 0.6) is 0 Å². The maximum atomic E-state index is 3.81. The Hall–Kier alpha value is 0.310. The highest BCUT2D eigenvalue weighted by Gasteiger charge is 2.27. The highest BCUT2D eigenvalue weighted by atomic mass is 32.2. The van der Waals surface area contributed by atoms with Crippen LogP contribution in [0.4, 0.5) is 0 Å². The fourth-order valence-corrected chi connectivity index (χ4v) is 4.00. The molecule has 2 heteroatoms. The van der Waals surface area contributed by atoms with Gasteiger partial charge in [0.2, 0.25) is 0 Å². The van der Waals surface area contributed by atoms with Crippen molar-refractivity contribution in [3.8, 4) is 0 Å². The van der Waals surface area contributed by atoms with Crippen LogP contribution in [0.2, 0.25) is 0 Å². The average molecular weight is 241 g/mol. The summed E-state index contributed by atoms with van der Waals surface area (Å²) in [5.41, 5.74) is 0.623. The van der Waals surface area contributed by atoms with E-state index >= 15 is 0 Å². The molecule has 1 heterocycles. The molecule has 1 aliphatic carbocycles. The first-order valence-corrected chi connectivity index (χ1v) is 8.12. The average Bonchev–Trinajstić information content (AvgIpc) is 2.29. The van der Waals surface area contributed by atoms with E-state index < -0.39 is 0 Å². The van der Waals surface area contributed by atoms with Gasteiger partial charge >= 0.3 is 0 Å². The van der Waals surface area contributed by atoms with E-state index in [-0.39, 0.29) is 0 Å². The van der Waals surface area contributed by atoms with Gasteiger partial charge in [-0.05, 0) is 67.9 Å². The van der Waals surface area contributed by atoms with Crippen LogP contribution in [-0.4, -0.2) is 24.1 Å². The molecule has 0 aromatic carbocycles. The molecule has 2 aliphatic rings. The Morgan fingerprint density at radius 3 is 2.31 bits per heavy atom. The van der Waals surface area contributed by atoms with E-state index in [0.29, 0.717) is 5.41 Å². The summed E-state index contributed by atoms with van der Waals surface area (Å²) in [6.45, 7) is 6.13. The highest BCUT2D eigenvalue weighted by molar-refractivity contribution is 7.99. The summed E-state index contributed by atoms with van der Waals surface area (Å²) in [6, 6.07) is 0.830. The predicted molar refractivity (Wildman–Crippen MR) is 74.1 cm³/mol. The molecular formula is C14H27NS. The number of nitrogens with one attached hydrogen (secondary N) is 1. The Morgan fingerprint density at radius 1 is 1.06 bits per heavy atom. The fraction of sp³-hybridized carbons (Fsp3) is 1.00. The van der Waals surface area contributed by atoms with Gasteiger partial charge < -0.3 is 5.32 Å². The van der Waals surface area contributed by atoms with Crippen LogP contribution < -0.4 is 5.32 Å². The standard InChI is InChI=1S/C14H27NS/c1-14(2)7-3-12(4-8-14)11-15-13-5-9-16-10-6-13/h12-13,15H,3-11H2,1-2H3. The van der Waals surface area contributed by atoms with Crippen LogP contribution in [0.15, 0.2) is 0 Å². The molecule has 16 heavy (non-hydrogen) atoms. The van der Waals surface area contributed by atoms with Crippen molar-refractivity contribution in [2.75, 3.05) is 18.1 Å². The van der Waals surface area contributed by atoms with Gasteiger partial charge in [-0.25, -0.2) is 0 Å². The van der Waals surface area contributed by atoms with Gasteiger partial charge in [-0.3, -0.25) is 0 Å². The van der Waals surface area contributed by atoms with Gasteiger partial charge in [-0.15, -0.1) is 0 Å². The Labute approximate surface area is 105 Å². The second kappa shape index (κ2) is 5.77. The second-order valence-corrected chi connectivity index (χ2v) is 7.63. The lowest BCUT2D eigenvalue weighted by Crippen LogP contribution is -2.37. The van der Waals surface area contributed by atoms with E-state index in [1.807, 2.05) is 0 Å². The Kier molecular flexibility index (Phi) is 4.60. The Balaban J connectivity index is 1.63. The molecule has 94 valence electrons. The van der Waals surface area contributed by atoms with Gasteiger partial charge in [0, 0.05) is 6.04 Å². The van der Waals surface area contributed by atoms with Crippen LogP contribution in [0.25, 0.3) is 0 Å². The van der Waals surface area contributed by atoms with Crippen molar-refractivity contribution in [1.82, 2.24) is 5.32 Å². The predicted octanol–water partition coefficient (Wildman–Crippen LogP) is 3.69. The molecule has 1 saturated carbocycles. The smallest absolute Gasteiger partial charge is 0.00828 e. The molecule has 1 aliphatic heterocycles.